The molecule has 1 aliphatic heterocycles. The van der Waals surface area contributed by atoms with E-state index in [0.29, 0.717) is 0 Å². The fraction of sp³-hybridized carbons (Fsp3) is 0.103. The molecule has 2 aliphatic carbocycles. The number of thiol groups is 1. The van der Waals surface area contributed by atoms with Crippen LogP contribution in [-0.2, 0) is 14.9 Å². The van der Waals surface area contributed by atoms with Gasteiger partial charge in [0.1, 0.15) is 0 Å². The molecule has 1 atom stereocenters. The molecule has 1 unspecified atom stereocenters. The summed E-state index contributed by atoms with van der Waals surface area (Å²) in [4.78, 5) is 2.29. The fourth-order valence-corrected chi connectivity index (χ4v) is 22.3. The zero-order valence-electron chi connectivity index (χ0n) is 18.8. The van der Waals surface area contributed by atoms with Crippen LogP contribution >= 0.6 is 42.3 Å². The Morgan fingerprint density at radius 3 is 2.06 bits per heavy atom. The predicted molar refractivity (Wildman–Crippen MR) is 153 cm³/mol. The standard InChI is InChI=1S/C16H11BrN.C13H9.2ClH.H2S.Zr/c1-18-14-5-3-2-4-13(14)16-12-7-6-11(17)8-10(12)9-15(16)18;1-3-7-12-10(5-1)9-11-6-2-4-8-13(11)12;;;;/h2-6,8-9,16H,1H3;1-9H;2*1H;1H2;/q;;;;;+3/p-3. The molecule has 173 valence electrons. The summed E-state index contributed by atoms with van der Waals surface area (Å²) in [7, 11) is 23.3. The van der Waals surface area contributed by atoms with Crippen molar-refractivity contribution in [3.63, 3.8) is 0 Å². The quantitative estimate of drug-likeness (QED) is 0.212. The van der Waals surface area contributed by atoms with Gasteiger partial charge in [0.15, 0.2) is 0 Å². The van der Waals surface area contributed by atoms with E-state index in [-0.39, 0.29) is 9.54 Å². The average molecular weight is 658 g/mol. The van der Waals surface area contributed by atoms with Crippen LogP contribution in [0.25, 0.3) is 17.2 Å². The normalized spacial score (nSPS) is 18.8. The van der Waals surface area contributed by atoms with Crippen molar-refractivity contribution in [2.24, 2.45) is 0 Å². The number of fused-ring (bicyclic) bond motifs is 8. The van der Waals surface area contributed by atoms with Crippen LogP contribution in [0.2, 0.25) is 0 Å². The van der Waals surface area contributed by atoms with Gasteiger partial charge in [0.05, 0.1) is 0 Å². The van der Waals surface area contributed by atoms with Gasteiger partial charge < -0.3 is 0 Å². The molecule has 0 fully saturated rings. The Morgan fingerprint density at radius 1 is 0.829 bits per heavy atom. The van der Waals surface area contributed by atoms with Crippen LogP contribution in [0.3, 0.4) is 0 Å². The molecule has 7 rings (SSSR count). The first-order chi connectivity index (χ1) is 16.7. The Hall–Kier alpha value is -1.29. The second-order valence-corrected chi connectivity index (χ2v) is 37.5. The molecule has 0 bridgehead atoms. The van der Waals surface area contributed by atoms with Crippen molar-refractivity contribution in [3.05, 3.63) is 123 Å². The number of likely N-dealkylation sites (N-methyl/N-ethyl adjacent to an activating group) is 1. The van der Waals surface area contributed by atoms with Crippen LogP contribution in [0.5, 0.6) is 0 Å². The molecule has 0 aromatic heterocycles. The SMILES string of the molecule is CN1C2=Cc3cc(Br)c[c]([Zr]([SH])([Cl])([Cl])[CH]4c5ccccc5-c5ccccc54)c3C2c2ccccc21. The predicted octanol–water partition coefficient (Wildman–Crippen LogP) is 8.62. The van der Waals surface area contributed by atoms with Crippen LogP contribution in [0.15, 0.2) is 95.1 Å². The second-order valence-electron chi connectivity index (χ2n) is 9.72. The molecule has 0 amide bonds. The zero-order chi connectivity index (χ0) is 24.1. The molecule has 35 heavy (non-hydrogen) atoms. The summed E-state index contributed by atoms with van der Waals surface area (Å²) in [5, 5.41) is 0. The number of rotatable bonds is 2. The van der Waals surface area contributed by atoms with E-state index in [1.54, 1.807) is 0 Å². The molecule has 4 aromatic carbocycles. The van der Waals surface area contributed by atoms with Crippen LogP contribution in [0.1, 0.15) is 37.4 Å². The number of hydrogen-bond acceptors (Lipinski definition) is 2. The van der Waals surface area contributed by atoms with Crippen LogP contribution in [-0.4, -0.2) is 7.05 Å². The first-order valence-electron chi connectivity index (χ1n) is 11.6. The van der Waals surface area contributed by atoms with E-state index in [0.717, 1.165) is 7.74 Å². The van der Waals surface area contributed by atoms with E-state index >= 15 is 0 Å². The van der Waals surface area contributed by atoms with Crippen molar-refractivity contribution in [2.75, 3.05) is 11.9 Å². The third-order valence-corrected chi connectivity index (χ3v) is 23.6. The number of allylic oxidation sites excluding steroid dienone is 1. The number of benzene rings is 4. The maximum absolute atomic E-state index is 7.87. The van der Waals surface area contributed by atoms with Gasteiger partial charge in [0, 0.05) is 0 Å². The van der Waals surface area contributed by atoms with Gasteiger partial charge in [-0.2, -0.15) is 0 Å². The number of para-hydroxylation sites is 1. The van der Waals surface area contributed by atoms with Crippen molar-refractivity contribution >= 4 is 57.4 Å². The molecule has 0 spiro atoms. The van der Waals surface area contributed by atoms with Gasteiger partial charge in [0.2, 0.25) is 0 Å². The first kappa shape index (κ1) is 22.9. The summed E-state index contributed by atoms with van der Waals surface area (Å²) in [6.45, 7) is 0. The molecule has 0 N–H and O–H groups in total. The minimum absolute atomic E-state index is 0.110. The Bertz CT molecular complexity index is 1560. The van der Waals surface area contributed by atoms with Gasteiger partial charge in [0.25, 0.3) is 0 Å². The summed E-state index contributed by atoms with van der Waals surface area (Å²) < 4.78 is 1.86. The van der Waals surface area contributed by atoms with E-state index in [1.807, 2.05) is 0 Å². The van der Waals surface area contributed by atoms with Gasteiger partial charge in [-0.3, -0.25) is 0 Å². The van der Waals surface area contributed by atoms with Gasteiger partial charge in [-0.25, -0.2) is 0 Å². The van der Waals surface area contributed by atoms with Crippen molar-refractivity contribution in [1.29, 1.82) is 0 Å². The average Bonchev–Trinajstić information content (AvgIpc) is 3.47. The fourth-order valence-electron chi connectivity index (χ4n) is 6.46. The summed E-state index contributed by atoms with van der Waals surface area (Å²) in [6, 6.07) is 30.0. The molecule has 6 heteroatoms. The van der Waals surface area contributed by atoms with Crippen molar-refractivity contribution in [3.8, 4) is 11.1 Å². The Labute approximate surface area is 225 Å². The summed E-state index contributed by atoms with van der Waals surface area (Å²) >= 11 is -1.30. The third-order valence-electron chi connectivity index (χ3n) is 7.87. The zero-order valence-corrected chi connectivity index (χ0v) is 25.3. The summed E-state index contributed by atoms with van der Waals surface area (Å²) in [5.41, 5.74) is 11.0. The van der Waals surface area contributed by atoms with Crippen LogP contribution in [0, 0.1) is 0 Å². The molecule has 0 saturated carbocycles. The Kier molecular flexibility index (Phi) is 4.98. The van der Waals surface area contributed by atoms with Gasteiger partial charge in [-0.05, 0) is 0 Å². The summed E-state index contributed by atoms with van der Waals surface area (Å²) in [6.07, 6.45) is 2.29. The third kappa shape index (κ3) is 3.10. The topological polar surface area (TPSA) is 3.24 Å². The van der Waals surface area contributed by atoms with Crippen molar-refractivity contribution in [2.45, 2.75) is 9.54 Å². The van der Waals surface area contributed by atoms with E-state index in [2.05, 4.69) is 119 Å². The molecular weight excluding hydrogens is 636 g/mol. The van der Waals surface area contributed by atoms with Gasteiger partial charge in [-0.1, -0.05) is 0 Å². The van der Waals surface area contributed by atoms with Crippen molar-refractivity contribution in [1.82, 2.24) is 0 Å². The van der Waals surface area contributed by atoms with E-state index in [4.69, 9.17) is 26.4 Å². The maximum atomic E-state index is 7.87. The summed E-state index contributed by atoms with van der Waals surface area (Å²) in [5.74, 6) is 0.110. The van der Waals surface area contributed by atoms with Gasteiger partial charge in [-0.15, -0.1) is 0 Å². The number of anilines is 1. The monoisotopic (exact) mass is 654 g/mol. The van der Waals surface area contributed by atoms with E-state index < -0.39 is 14.9 Å². The van der Waals surface area contributed by atoms with Gasteiger partial charge >= 0.3 is 228 Å². The Morgan fingerprint density at radius 2 is 1.40 bits per heavy atom. The molecule has 1 nitrogen and oxygen atoms in total. The van der Waals surface area contributed by atoms with E-state index in [9.17, 15) is 0 Å². The van der Waals surface area contributed by atoms with Crippen LogP contribution < -0.4 is 8.17 Å². The molecule has 0 saturated heterocycles. The molecule has 3 aliphatic rings. The van der Waals surface area contributed by atoms with Crippen LogP contribution in [0.4, 0.5) is 5.69 Å². The van der Waals surface area contributed by atoms with Crippen molar-refractivity contribution < 1.29 is 14.9 Å². The molecular formula is C29H21BrCl2NSZr. The number of halogens is 3. The molecule has 0 radical (unpaired) electrons. The van der Waals surface area contributed by atoms with E-state index in [1.165, 1.54) is 50.3 Å². The Balaban J connectivity index is 1.51. The number of nitrogens with zero attached hydrogens (tertiary/aromatic N) is 1. The first-order valence-corrected chi connectivity index (χ1v) is 25.1. The second kappa shape index (κ2) is 7.62. The molecule has 1 heterocycles. The minimum atomic E-state index is -5.07. The molecule has 4 aromatic rings. The number of hydrogen-bond donors (Lipinski definition) is 1.